The highest BCUT2D eigenvalue weighted by Gasteiger charge is 2.20. The average Bonchev–Trinajstić information content (AvgIpc) is 2.31. The number of aryl methyl sites for hydroxylation is 1. The van der Waals surface area contributed by atoms with Gasteiger partial charge in [-0.2, -0.15) is 0 Å². The maximum Gasteiger partial charge on any atom is 0.328 e. The Bertz CT molecular complexity index is 421. The molecule has 0 fully saturated rings. The van der Waals surface area contributed by atoms with Crippen LogP contribution in [-0.2, 0) is 9.53 Å². The fourth-order valence-corrected chi connectivity index (χ4v) is 1.85. The summed E-state index contributed by atoms with van der Waals surface area (Å²) in [6.45, 7) is 6.04. The number of esters is 1. The number of methoxy groups -OCH3 is 1. The van der Waals surface area contributed by atoms with Crippen molar-refractivity contribution < 1.29 is 9.53 Å². The summed E-state index contributed by atoms with van der Waals surface area (Å²) in [6.07, 6.45) is 0.712. The topological polar surface area (TPSA) is 51.2 Å². The SMILES string of the molecule is COC(=O)C(CC(C)C)Nc1ccc(Br)c(C)n1. The molecule has 0 aliphatic heterocycles. The van der Waals surface area contributed by atoms with Gasteiger partial charge >= 0.3 is 5.97 Å². The van der Waals surface area contributed by atoms with Crippen LogP contribution in [-0.4, -0.2) is 24.1 Å². The van der Waals surface area contributed by atoms with Crippen LogP contribution >= 0.6 is 15.9 Å². The molecule has 0 aromatic carbocycles. The van der Waals surface area contributed by atoms with Crippen molar-refractivity contribution in [2.75, 3.05) is 12.4 Å². The van der Waals surface area contributed by atoms with Gasteiger partial charge in [0.1, 0.15) is 11.9 Å². The summed E-state index contributed by atoms with van der Waals surface area (Å²) in [4.78, 5) is 16.1. The molecule has 1 atom stereocenters. The number of nitrogens with zero attached hydrogens (tertiary/aromatic N) is 1. The number of carbonyl (C=O) groups is 1. The number of aromatic nitrogens is 1. The van der Waals surface area contributed by atoms with E-state index in [-0.39, 0.29) is 12.0 Å². The van der Waals surface area contributed by atoms with Gasteiger partial charge in [-0.1, -0.05) is 13.8 Å². The lowest BCUT2D eigenvalue weighted by Crippen LogP contribution is -2.32. The molecule has 0 radical (unpaired) electrons. The first-order valence-electron chi connectivity index (χ1n) is 5.91. The summed E-state index contributed by atoms with van der Waals surface area (Å²) < 4.78 is 5.75. The zero-order valence-electron chi connectivity index (χ0n) is 11.2. The third-order valence-electron chi connectivity index (χ3n) is 2.54. The summed E-state index contributed by atoms with van der Waals surface area (Å²) in [5, 5.41) is 3.12. The van der Waals surface area contributed by atoms with E-state index in [0.717, 1.165) is 10.2 Å². The lowest BCUT2D eigenvalue weighted by atomic mass is 10.0. The highest BCUT2D eigenvalue weighted by molar-refractivity contribution is 9.10. The summed E-state index contributed by atoms with van der Waals surface area (Å²) in [7, 11) is 1.40. The number of ether oxygens (including phenoxy) is 1. The Balaban J connectivity index is 2.81. The summed E-state index contributed by atoms with van der Waals surface area (Å²) in [5.74, 6) is 0.830. The molecule has 1 heterocycles. The lowest BCUT2D eigenvalue weighted by molar-refractivity contribution is -0.141. The number of carbonyl (C=O) groups excluding carboxylic acids is 1. The number of rotatable bonds is 5. The van der Waals surface area contributed by atoms with Crippen LogP contribution < -0.4 is 5.32 Å². The minimum Gasteiger partial charge on any atom is -0.467 e. The van der Waals surface area contributed by atoms with Gasteiger partial charge in [-0.15, -0.1) is 0 Å². The predicted molar refractivity (Wildman–Crippen MR) is 75.6 cm³/mol. The zero-order valence-corrected chi connectivity index (χ0v) is 12.7. The van der Waals surface area contributed by atoms with Gasteiger partial charge in [0.15, 0.2) is 0 Å². The molecular formula is C13H19BrN2O2. The maximum absolute atomic E-state index is 11.7. The fraction of sp³-hybridized carbons (Fsp3) is 0.538. The normalized spacial score (nSPS) is 12.3. The number of halogens is 1. The Kier molecular flexibility index (Phi) is 5.59. The van der Waals surface area contributed by atoms with Crippen LogP contribution in [0.4, 0.5) is 5.82 Å². The Morgan fingerprint density at radius 2 is 2.17 bits per heavy atom. The van der Waals surface area contributed by atoms with Crippen LogP contribution in [0.5, 0.6) is 0 Å². The quantitative estimate of drug-likeness (QED) is 0.848. The van der Waals surface area contributed by atoms with Crippen LogP contribution in [0.3, 0.4) is 0 Å². The fourth-order valence-electron chi connectivity index (χ4n) is 1.63. The highest BCUT2D eigenvalue weighted by atomic mass is 79.9. The standard InChI is InChI=1S/C13H19BrN2O2/c1-8(2)7-11(13(17)18-4)16-12-6-5-10(14)9(3)15-12/h5-6,8,11H,7H2,1-4H3,(H,15,16). The molecule has 1 aromatic rings. The second-order valence-electron chi connectivity index (χ2n) is 4.61. The number of nitrogens with one attached hydrogen (secondary N) is 1. The van der Waals surface area contributed by atoms with Crippen molar-refractivity contribution in [2.45, 2.75) is 33.2 Å². The van der Waals surface area contributed by atoms with Crippen molar-refractivity contribution in [3.8, 4) is 0 Å². The number of hydrogen-bond donors (Lipinski definition) is 1. The Morgan fingerprint density at radius 3 is 2.67 bits per heavy atom. The molecule has 4 nitrogen and oxygen atoms in total. The summed E-state index contributed by atoms with van der Waals surface area (Å²) in [6, 6.07) is 3.39. The van der Waals surface area contributed by atoms with Gasteiger partial charge in [-0.25, -0.2) is 9.78 Å². The molecule has 0 saturated heterocycles. The minimum absolute atomic E-state index is 0.258. The molecule has 1 N–H and O–H groups in total. The molecular weight excluding hydrogens is 296 g/mol. The van der Waals surface area contributed by atoms with E-state index in [0.29, 0.717) is 18.2 Å². The van der Waals surface area contributed by atoms with Gasteiger partial charge in [0.25, 0.3) is 0 Å². The molecule has 1 aromatic heterocycles. The first-order chi connectivity index (χ1) is 8.43. The maximum atomic E-state index is 11.7. The summed E-state index contributed by atoms with van der Waals surface area (Å²) in [5.41, 5.74) is 0.883. The Labute approximate surface area is 116 Å². The van der Waals surface area contributed by atoms with E-state index >= 15 is 0 Å². The second kappa shape index (κ2) is 6.73. The lowest BCUT2D eigenvalue weighted by Gasteiger charge is -2.19. The van der Waals surface area contributed by atoms with Crippen molar-refractivity contribution in [1.29, 1.82) is 0 Å². The van der Waals surface area contributed by atoms with E-state index in [1.807, 2.05) is 19.1 Å². The minimum atomic E-state index is -0.358. The van der Waals surface area contributed by atoms with E-state index in [2.05, 4.69) is 40.1 Å². The van der Waals surface area contributed by atoms with Crippen molar-refractivity contribution in [3.63, 3.8) is 0 Å². The van der Waals surface area contributed by atoms with Crippen molar-refractivity contribution >= 4 is 27.7 Å². The highest BCUT2D eigenvalue weighted by Crippen LogP contribution is 2.18. The molecule has 5 heteroatoms. The first-order valence-corrected chi connectivity index (χ1v) is 6.70. The van der Waals surface area contributed by atoms with Crippen LogP contribution in [0.15, 0.2) is 16.6 Å². The Hall–Kier alpha value is -1.10. The van der Waals surface area contributed by atoms with Gasteiger partial charge in [0.2, 0.25) is 0 Å². The largest absolute Gasteiger partial charge is 0.467 e. The van der Waals surface area contributed by atoms with Gasteiger partial charge in [-0.05, 0) is 47.3 Å². The molecule has 0 aliphatic carbocycles. The third kappa shape index (κ3) is 4.29. The summed E-state index contributed by atoms with van der Waals surface area (Å²) >= 11 is 3.40. The van der Waals surface area contributed by atoms with Crippen LogP contribution in [0, 0.1) is 12.8 Å². The molecule has 0 bridgehead atoms. The van der Waals surface area contributed by atoms with E-state index in [4.69, 9.17) is 4.74 Å². The molecule has 1 unspecified atom stereocenters. The van der Waals surface area contributed by atoms with Gasteiger partial charge < -0.3 is 10.1 Å². The zero-order chi connectivity index (χ0) is 13.7. The van der Waals surface area contributed by atoms with Crippen LogP contribution in [0.1, 0.15) is 26.0 Å². The smallest absolute Gasteiger partial charge is 0.328 e. The van der Waals surface area contributed by atoms with Gasteiger partial charge in [-0.3, -0.25) is 0 Å². The van der Waals surface area contributed by atoms with Gasteiger partial charge in [0, 0.05) is 4.47 Å². The molecule has 0 spiro atoms. The van der Waals surface area contributed by atoms with E-state index in [1.165, 1.54) is 7.11 Å². The molecule has 0 amide bonds. The first kappa shape index (κ1) is 15.0. The number of anilines is 1. The molecule has 1 rings (SSSR count). The second-order valence-corrected chi connectivity index (χ2v) is 5.47. The molecule has 18 heavy (non-hydrogen) atoms. The van der Waals surface area contributed by atoms with Crippen molar-refractivity contribution in [1.82, 2.24) is 4.98 Å². The average molecular weight is 315 g/mol. The van der Waals surface area contributed by atoms with Crippen LogP contribution in [0.2, 0.25) is 0 Å². The van der Waals surface area contributed by atoms with E-state index in [9.17, 15) is 4.79 Å². The number of pyridine rings is 1. The van der Waals surface area contributed by atoms with Crippen LogP contribution in [0.25, 0.3) is 0 Å². The van der Waals surface area contributed by atoms with Crippen molar-refractivity contribution in [3.05, 3.63) is 22.3 Å². The van der Waals surface area contributed by atoms with E-state index < -0.39 is 0 Å². The molecule has 0 saturated carbocycles. The monoisotopic (exact) mass is 314 g/mol. The molecule has 0 aliphatic rings. The van der Waals surface area contributed by atoms with E-state index in [1.54, 1.807) is 0 Å². The predicted octanol–water partition coefficient (Wildman–Crippen LogP) is 3.15. The Morgan fingerprint density at radius 1 is 1.50 bits per heavy atom. The third-order valence-corrected chi connectivity index (χ3v) is 3.37. The molecule has 100 valence electrons. The number of hydrogen-bond acceptors (Lipinski definition) is 4. The van der Waals surface area contributed by atoms with Crippen molar-refractivity contribution in [2.24, 2.45) is 5.92 Å². The van der Waals surface area contributed by atoms with Gasteiger partial charge in [0.05, 0.1) is 12.8 Å².